The van der Waals surface area contributed by atoms with Gasteiger partial charge in [-0.15, -0.1) is 0 Å². The molecule has 0 bridgehead atoms. The first-order chi connectivity index (χ1) is 17.2. The Bertz CT molecular complexity index is 743. The van der Waals surface area contributed by atoms with E-state index in [-0.39, 0.29) is 48.6 Å². The van der Waals surface area contributed by atoms with E-state index in [9.17, 15) is 14.4 Å². The van der Waals surface area contributed by atoms with Gasteiger partial charge in [-0.25, -0.2) is 9.59 Å². The van der Waals surface area contributed by atoms with E-state index in [0.717, 1.165) is 57.3 Å². The van der Waals surface area contributed by atoms with Crippen molar-refractivity contribution >= 4 is 17.9 Å². The van der Waals surface area contributed by atoms with E-state index in [0.29, 0.717) is 5.57 Å². The van der Waals surface area contributed by atoms with Crippen LogP contribution >= 0.6 is 0 Å². The minimum atomic E-state index is -0.656. The largest absolute Gasteiger partial charge is 0.462 e. The summed E-state index contributed by atoms with van der Waals surface area (Å²) in [6, 6.07) is 0. The first kappa shape index (κ1) is 30.1. The fourth-order valence-corrected chi connectivity index (χ4v) is 5.28. The van der Waals surface area contributed by atoms with Crippen LogP contribution in [-0.2, 0) is 28.6 Å². The molecule has 1 atom stereocenters. The second-order valence-corrected chi connectivity index (χ2v) is 10.7. The number of ether oxygens (including phenoxy) is 3. The van der Waals surface area contributed by atoms with Gasteiger partial charge in [0.15, 0.2) is 0 Å². The van der Waals surface area contributed by atoms with Crippen molar-refractivity contribution in [3.05, 3.63) is 24.3 Å². The zero-order valence-electron chi connectivity index (χ0n) is 22.3. The molecular weight excluding hydrogens is 460 g/mol. The van der Waals surface area contributed by atoms with Crippen molar-refractivity contribution in [2.75, 3.05) is 19.8 Å². The predicted molar refractivity (Wildman–Crippen MR) is 138 cm³/mol. The number of rotatable bonds is 14. The third-order valence-electron chi connectivity index (χ3n) is 7.75. The van der Waals surface area contributed by atoms with Crippen LogP contribution in [0.25, 0.3) is 0 Å². The standard InChI is InChI=1S/C29H46O7/c1-5-6-7-8-22-9-11-24(12-10-22)29(33)36-26-15-13-23(14-16-26)25(18-34-27(31)20(2)3)19-35-28(32)21(4)17-30/h22-26,30H,2,4-19H2,1,3H3. The second-order valence-electron chi connectivity index (χ2n) is 10.7. The summed E-state index contributed by atoms with van der Waals surface area (Å²) in [5, 5.41) is 9.09. The lowest BCUT2D eigenvalue weighted by molar-refractivity contribution is -0.159. The summed E-state index contributed by atoms with van der Waals surface area (Å²) in [5.41, 5.74) is 0.295. The normalized spacial score (nSPS) is 24.9. The monoisotopic (exact) mass is 506 g/mol. The molecule has 2 aliphatic rings. The van der Waals surface area contributed by atoms with Crippen molar-refractivity contribution in [3.63, 3.8) is 0 Å². The molecule has 0 aromatic heterocycles. The molecule has 1 N–H and O–H groups in total. The van der Waals surface area contributed by atoms with Crippen LogP contribution in [0.2, 0.25) is 0 Å². The average Bonchev–Trinajstić information content (AvgIpc) is 2.88. The highest BCUT2D eigenvalue weighted by molar-refractivity contribution is 5.88. The molecule has 36 heavy (non-hydrogen) atoms. The van der Waals surface area contributed by atoms with Crippen LogP contribution in [0.4, 0.5) is 0 Å². The minimum absolute atomic E-state index is 0.0155. The van der Waals surface area contributed by atoms with E-state index in [4.69, 9.17) is 19.3 Å². The van der Waals surface area contributed by atoms with Crippen molar-refractivity contribution in [2.24, 2.45) is 23.7 Å². The Labute approximate surface area is 216 Å². The lowest BCUT2D eigenvalue weighted by atomic mass is 9.78. The van der Waals surface area contributed by atoms with E-state index < -0.39 is 18.5 Å². The quantitative estimate of drug-likeness (QED) is 0.148. The van der Waals surface area contributed by atoms with E-state index in [1.165, 1.54) is 25.7 Å². The number of carbonyl (C=O) groups excluding carboxylic acids is 3. The highest BCUT2D eigenvalue weighted by Crippen LogP contribution is 2.36. The number of hydrogen-bond acceptors (Lipinski definition) is 7. The lowest BCUT2D eigenvalue weighted by Gasteiger charge is -2.34. The molecule has 0 aromatic rings. The Kier molecular flexibility index (Phi) is 13.2. The first-order valence-corrected chi connectivity index (χ1v) is 13.7. The van der Waals surface area contributed by atoms with Crippen molar-refractivity contribution in [3.8, 4) is 0 Å². The van der Waals surface area contributed by atoms with E-state index >= 15 is 0 Å². The summed E-state index contributed by atoms with van der Waals surface area (Å²) in [6.45, 7) is 10.6. The molecule has 0 amide bonds. The fourth-order valence-electron chi connectivity index (χ4n) is 5.28. The van der Waals surface area contributed by atoms with Crippen LogP contribution in [0.3, 0.4) is 0 Å². The van der Waals surface area contributed by atoms with Gasteiger partial charge in [0.2, 0.25) is 0 Å². The van der Waals surface area contributed by atoms with E-state index in [1.807, 2.05) is 0 Å². The highest BCUT2D eigenvalue weighted by Gasteiger charge is 2.33. The van der Waals surface area contributed by atoms with Crippen LogP contribution in [-0.4, -0.2) is 48.9 Å². The molecule has 0 spiro atoms. The van der Waals surface area contributed by atoms with Crippen LogP contribution in [0.15, 0.2) is 24.3 Å². The Morgan fingerprint density at radius 3 is 2.06 bits per heavy atom. The predicted octanol–water partition coefficient (Wildman–Crippen LogP) is 5.30. The average molecular weight is 507 g/mol. The van der Waals surface area contributed by atoms with Gasteiger partial charge in [0, 0.05) is 11.5 Å². The number of aliphatic hydroxyl groups excluding tert-OH is 1. The molecule has 2 rings (SSSR count). The summed E-state index contributed by atoms with van der Waals surface area (Å²) < 4.78 is 16.6. The van der Waals surface area contributed by atoms with Crippen LogP contribution in [0.1, 0.15) is 90.9 Å². The Balaban J connectivity index is 1.80. The van der Waals surface area contributed by atoms with E-state index in [1.54, 1.807) is 6.92 Å². The SMILES string of the molecule is C=C(C)C(=O)OCC(COC(=O)C(=C)CO)C1CCC(OC(=O)C2CCC(CCCCC)CC2)CC1. The highest BCUT2D eigenvalue weighted by atomic mass is 16.6. The maximum Gasteiger partial charge on any atom is 0.335 e. The maximum absolute atomic E-state index is 12.8. The smallest absolute Gasteiger partial charge is 0.335 e. The minimum Gasteiger partial charge on any atom is -0.462 e. The molecule has 7 heteroatoms. The molecule has 2 aliphatic carbocycles. The number of unbranched alkanes of at least 4 members (excludes halogenated alkanes) is 2. The molecule has 204 valence electrons. The molecule has 2 saturated carbocycles. The summed E-state index contributed by atoms with van der Waals surface area (Å²) in [4.78, 5) is 36.6. The van der Waals surface area contributed by atoms with E-state index in [2.05, 4.69) is 20.1 Å². The number of carbonyl (C=O) groups is 3. The maximum atomic E-state index is 12.8. The van der Waals surface area contributed by atoms with Gasteiger partial charge in [-0.2, -0.15) is 0 Å². The lowest BCUT2D eigenvalue weighted by Crippen LogP contribution is -2.34. The zero-order chi connectivity index (χ0) is 26.5. The Hall–Kier alpha value is -2.15. The van der Waals surface area contributed by atoms with Crippen molar-refractivity contribution in [2.45, 2.75) is 97.0 Å². The third kappa shape index (κ3) is 10.1. The Morgan fingerprint density at radius 1 is 0.889 bits per heavy atom. The molecule has 0 heterocycles. The van der Waals surface area contributed by atoms with Gasteiger partial charge in [0.25, 0.3) is 0 Å². The van der Waals surface area contributed by atoms with Gasteiger partial charge in [0.05, 0.1) is 31.3 Å². The molecule has 0 aromatic carbocycles. The second kappa shape index (κ2) is 15.9. The molecule has 0 saturated heterocycles. The number of esters is 3. The zero-order valence-corrected chi connectivity index (χ0v) is 22.3. The van der Waals surface area contributed by atoms with Crippen molar-refractivity contribution < 1.29 is 33.7 Å². The Morgan fingerprint density at radius 2 is 1.50 bits per heavy atom. The summed E-state index contributed by atoms with van der Waals surface area (Å²) >= 11 is 0. The van der Waals surface area contributed by atoms with Crippen LogP contribution in [0, 0.1) is 23.7 Å². The van der Waals surface area contributed by atoms with Gasteiger partial charge < -0.3 is 19.3 Å². The van der Waals surface area contributed by atoms with Gasteiger partial charge in [0.1, 0.15) is 6.10 Å². The number of aliphatic hydroxyl groups is 1. The molecule has 0 aliphatic heterocycles. The van der Waals surface area contributed by atoms with Crippen LogP contribution < -0.4 is 0 Å². The molecule has 2 fully saturated rings. The van der Waals surface area contributed by atoms with Crippen molar-refractivity contribution in [1.82, 2.24) is 0 Å². The third-order valence-corrected chi connectivity index (χ3v) is 7.75. The topological polar surface area (TPSA) is 99.1 Å². The summed E-state index contributed by atoms with van der Waals surface area (Å²) in [5.74, 6) is -0.428. The van der Waals surface area contributed by atoms with Gasteiger partial charge in [-0.1, -0.05) is 45.8 Å². The summed E-state index contributed by atoms with van der Waals surface area (Å²) in [7, 11) is 0. The van der Waals surface area contributed by atoms with Gasteiger partial charge in [-0.3, -0.25) is 4.79 Å². The molecule has 1 unspecified atom stereocenters. The molecule has 0 radical (unpaired) electrons. The molecular formula is C29H46O7. The fraction of sp³-hybridized carbons (Fsp3) is 0.759. The number of hydrogen-bond donors (Lipinski definition) is 1. The summed E-state index contributed by atoms with van der Waals surface area (Å²) in [6.07, 6.45) is 12.2. The van der Waals surface area contributed by atoms with Crippen molar-refractivity contribution in [1.29, 1.82) is 0 Å². The van der Waals surface area contributed by atoms with Gasteiger partial charge >= 0.3 is 17.9 Å². The first-order valence-electron chi connectivity index (χ1n) is 13.7. The van der Waals surface area contributed by atoms with Crippen LogP contribution in [0.5, 0.6) is 0 Å². The van der Waals surface area contributed by atoms with Gasteiger partial charge in [-0.05, 0) is 70.1 Å². The molecule has 7 nitrogen and oxygen atoms in total.